The van der Waals surface area contributed by atoms with Crippen LogP contribution in [0.15, 0.2) is 24.3 Å². The molecule has 16 heavy (non-hydrogen) atoms. The SMILES string of the molecule is N#Cc1ccc(I)cc1.O=C(O)C(F)(F)F. The molecule has 1 aromatic carbocycles. The van der Waals surface area contributed by atoms with Crippen molar-refractivity contribution in [2.45, 2.75) is 6.18 Å². The molecule has 0 aliphatic heterocycles. The van der Waals surface area contributed by atoms with E-state index in [2.05, 4.69) is 28.7 Å². The lowest BCUT2D eigenvalue weighted by Crippen LogP contribution is -2.21. The smallest absolute Gasteiger partial charge is 0.475 e. The Balaban J connectivity index is 0.000000293. The molecule has 0 bridgehead atoms. The number of carbonyl (C=O) groups is 1. The van der Waals surface area contributed by atoms with Crippen LogP contribution in [0.1, 0.15) is 5.56 Å². The lowest BCUT2D eigenvalue weighted by atomic mass is 10.2. The third kappa shape index (κ3) is 6.23. The normalized spacial score (nSPS) is 9.69. The van der Waals surface area contributed by atoms with Gasteiger partial charge in [-0.3, -0.25) is 0 Å². The van der Waals surface area contributed by atoms with E-state index >= 15 is 0 Å². The molecule has 0 fully saturated rings. The fraction of sp³-hybridized carbons (Fsp3) is 0.111. The van der Waals surface area contributed by atoms with Crippen LogP contribution in [0.4, 0.5) is 13.2 Å². The molecule has 1 N–H and O–H groups in total. The van der Waals surface area contributed by atoms with E-state index in [9.17, 15) is 13.2 Å². The number of carboxylic acid groups (broad SMARTS) is 1. The molecule has 0 aliphatic rings. The minimum absolute atomic E-state index is 0.718. The van der Waals surface area contributed by atoms with E-state index in [1.165, 1.54) is 0 Å². The maximum Gasteiger partial charge on any atom is 0.490 e. The molecule has 0 saturated carbocycles. The highest BCUT2D eigenvalue weighted by atomic mass is 127. The molecule has 0 atom stereocenters. The second-order valence-electron chi connectivity index (χ2n) is 2.42. The summed E-state index contributed by atoms with van der Waals surface area (Å²) in [4.78, 5) is 8.90. The van der Waals surface area contributed by atoms with Crippen LogP contribution in [0.25, 0.3) is 0 Å². The van der Waals surface area contributed by atoms with Crippen LogP contribution in [0.3, 0.4) is 0 Å². The zero-order valence-electron chi connectivity index (χ0n) is 7.62. The van der Waals surface area contributed by atoms with Crippen molar-refractivity contribution in [3.63, 3.8) is 0 Å². The Morgan fingerprint density at radius 2 is 1.69 bits per heavy atom. The Labute approximate surface area is 103 Å². The first kappa shape index (κ1) is 14.7. The molecule has 0 heterocycles. The van der Waals surface area contributed by atoms with Crippen molar-refractivity contribution in [1.29, 1.82) is 5.26 Å². The Morgan fingerprint density at radius 1 is 1.31 bits per heavy atom. The lowest BCUT2D eigenvalue weighted by Gasteiger charge is -1.93. The van der Waals surface area contributed by atoms with Gasteiger partial charge in [0.2, 0.25) is 0 Å². The summed E-state index contributed by atoms with van der Waals surface area (Å²) in [5.74, 6) is -2.76. The maximum absolute atomic E-state index is 10.6. The highest BCUT2D eigenvalue weighted by Crippen LogP contribution is 2.13. The first-order chi connectivity index (χ1) is 7.27. The van der Waals surface area contributed by atoms with Gasteiger partial charge in [-0.15, -0.1) is 0 Å². The molecule has 0 aromatic heterocycles. The van der Waals surface area contributed by atoms with E-state index in [0.717, 1.165) is 9.13 Å². The van der Waals surface area contributed by atoms with Gasteiger partial charge in [0.05, 0.1) is 11.6 Å². The Kier molecular flexibility index (Phi) is 5.81. The summed E-state index contributed by atoms with van der Waals surface area (Å²) in [6.45, 7) is 0. The van der Waals surface area contributed by atoms with E-state index in [-0.39, 0.29) is 0 Å². The molecule has 0 unspecified atom stereocenters. The van der Waals surface area contributed by atoms with Gasteiger partial charge in [-0.2, -0.15) is 18.4 Å². The van der Waals surface area contributed by atoms with E-state index < -0.39 is 12.1 Å². The van der Waals surface area contributed by atoms with Gasteiger partial charge in [-0.1, -0.05) is 0 Å². The number of carboxylic acids is 1. The number of rotatable bonds is 0. The largest absolute Gasteiger partial charge is 0.490 e. The number of benzene rings is 1. The van der Waals surface area contributed by atoms with Gasteiger partial charge in [0.15, 0.2) is 0 Å². The maximum atomic E-state index is 10.6. The van der Waals surface area contributed by atoms with Crippen LogP contribution < -0.4 is 0 Å². The monoisotopic (exact) mass is 343 g/mol. The number of nitriles is 1. The first-order valence-electron chi connectivity index (χ1n) is 3.73. The van der Waals surface area contributed by atoms with Crippen molar-refractivity contribution in [3.05, 3.63) is 33.4 Å². The van der Waals surface area contributed by atoms with Crippen molar-refractivity contribution in [1.82, 2.24) is 0 Å². The molecular weight excluding hydrogens is 338 g/mol. The third-order valence-electron chi connectivity index (χ3n) is 1.22. The summed E-state index contributed by atoms with van der Waals surface area (Å²) in [6.07, 6.45) is -5.08. The number of hydrogen-bond donors (Lipinski definition) is 1. The van der Waals surface area contributed by atoms with Crippen LogP contribution in [-0.4, -0.2) is 17.3 Å². The summed E-state index contributed by atoms with van der Waals surface area (Å²) in [7, 11) is 0. The van der Waals surface area contributed by atoms with Gasteiger partial charge < -0.3 is 5.11 Å². The highest BCUT2D eigenvalue weighted by molar-refractivity contribution is 14.1. The predicted molar refractivity (Wildman–Crippen MR) is 57.6 cm³/mol. The van der Waals surface area contributed by atoms with Crippen LogP contribution in [-0.2, 0) is 4.79 Å². The summed E-state index contributed by atoms with van der Waals surface area (Å²) < 4.78 is 32.9. The second-order valence-corrected chi connectivity index (χ2v) is 3.67. The van der Waals surface area contributed by atoms with Crippen molar-refractivity contribution in [2.24, 2.45) is 0 Å². The summed E-state index contributed by atoms with van der Waals surface area (Å²) in [5.41, 5.74) is 0.718. The standard InChI is InChI=1S/C7H4IN.C2HF3O2/c8-7-3-1-6(5-9)2-4-7;3-2(4,5)1(6)7/h1-4H;(H,6,7). The second kappa shape index (κ2) is 6.32. The van der Waals surface area contributed by atoms with Gasteiger partial charge in [-0.25, -0.2) is 4.79 Å². The van der Waals surface area contributed by atoms with Gasteiger partial charge in [0.1, 0.15) is 0 Å². The molecule has 7 heteroatoms. The van der Waals surface area contributed by atoms with E-state index in [4.69, 9.17) is 15.2 Å². The number of hydrogen-bond acceptors (Lipinski definition) is 2. The molecule has 0 radical (unpaired) electrons. The van der Waals surface area contributed by atoms with Crippen molar-refractivity contribution in [2.75, 3.05) is 0 Å². The van der Waals surface area contributed by atoms with Gasteiger partial charge in [0.25, 0.3) is 0 Å². The molecule has 86 valence electrons. The molecule has 0 aliphatic carbocycles. The average Bonchev–Trinajstić information content (AvgIpc) is 2.18. The van der Waals surface area contributed by atoms with Crippen LogP contribution in [0.2, 0.25) is 0 Å². The van der Waals surface area contributed by atoms with Crippen LogP contribution in [0, 0.1) is 14.9 Å². The summed E-state index contributed by atoms with van der Waals surface area (Å²) in [5, 5.41) is 15.5. The Bertz CT molecular complexity index is 395. The lowest BCUT2D eigenvalue weighted by molar-refractivity contribution is -0.192. The number of halogens is 4. The molecular formula is C9H5F3INO2. The van der Waals surface area contributed by atoms with Crippen molar-refractivity contribution in [3.8, 4) is 6.07 Å². The molecule has 1 aromatic rings. The predicted octanol–water partition coefficient (Wildman–Crippen LogP) is 2.80. The first-order valence-corrected chi connectivity index (χ1v) is 4.81. The van der Waals surface area contributed by atoms with Gasteiger partial charge in [0, 0.05) is 3.57 Å². The van der Waals surface area contributed by atoms with E-state index in [1.807, 2.05) is 24.3 Å². The van der Waals surface area contributed by atoms with Crippen LogP contribution >= 0.6 is 22.6 Å². The van der Waals surface area contributed by atoms with Gasteiger partial charge >= 0.3 is 12.1 Å². The summed E-state index contributed by atoms with van der Waals surface area (Å²) in [6, 6.07) is 9.50. The fourth-order valence-electron chi connectivity index (χ4n) is 0.524. The molecule has 3 nitrogen and oxygen atoms in total. The van der Waals surface area contributed by atoms with Gasteiger partial charge in [-0.05, 0) is 46.9 Å². The average molecular weight is 343 g/mol. The van der Waals surface area contributed by atoms with Crippen molar-refractivity contribution < 1.29 is 23.1 Å². The fourth-order valence-corrected chi connectivity index (χ4v) is 0.884. The number of alkyl halides is 3. The third-order valence-corrected chi connectivity index (χ3v) is 1.93. The minimum Gasteiger partial charge on any atom is -0.475 e. The minimum atomic E-state index is -5.08. The van der Waals surface area contributed by atoms with E-state index in [1.54, 1.807) is 0 Å². The van der Waals surface area contributed by atoms with Crippen molar-refractivity contribution >= 4 is 28.6 Å². The topological polar surface area (TPSA) is 61.1 Å². The Hall–Kier alpha value is -1.30. The van der Waals surface area contributed by atoms with E-state index in [0.29, 0.717) is 0 Å². The molecule has 1 rings (SSSR count). The molecule has 0 saturated heterocycles. The zero-order valence-corrected chi connectivity index (χ0v) is 9.78. The highest BCUT2D eigenvalue weighted by Gasteiger charge is 2.38. The molecule has 0 spiro atoms. The van der Waals surface area contributed by atoms with Crippen LogP contribution in [0.5, 0.6) is 0 Å². The quantitative estimate of drug-likeness (QED) is 0.737. The zero-order chi connectivity index (χ0) is 12.8. The number of aliphatic carboxylic acids is 1. The molecule has 0 amide bonds. The summed E-state index contributed by atoms with van der Waals surface area (Å²) >= 11 is 2.20. The Morgan fingerprint density at radius 3 is 1.94 bits per heavy atom. The number of nitrogens with zero attached hydrogens (tertiary/aromatic N) is 1.